The molecular formula is C31H20F3OS2+. The van der Waals surface area contributed by atoms with Gasteiger partial charge in [0.2, 0.25) is 9.79 Å². The lowest BCUT2D eigenvalue weighted by molar-refractivity contribution is 0.103. The van der Waals surface area contributed by atoms with Gasteiger partial charge in [0, 0.05) is 15.4 Å². The molecule has 0 N–H and O–H groups in total. The Balaban J connectivity index is 1.41. The third kappa shape index (κ3) is 5.50. The van der Waals surface area contributed by atoms with Crippen molar-refractivity contribution in [3.8, 4) is 0 Å². The molecule has 6 heteroatoms. The van der Waals surface area contributed by atoms with Gasteiger partial charge in [-0.3, -0.25) is 4.79 Å². The van der Waals surface area contributed by atoms with E-state index in [1.807, 2.05) is 24.3 Å². The Labute approximate surface area is 220 Å². The average molecular weight is 530 g/mol. The van der Waals surface area contributed by atoms with E-state index in [1.54, 1.807) is 72.8 Å². The van der Waals surface area contributed by atoms with Gasteiger partial charge in [-0.25, -0.2) is 13.2 Å². The summed E-state index contributed by atoms with van der Waals surface area (Å²) in [6.07, 6.45) is 0. The summed E-state index contributed by atoms with van der Waals surface area (Å²) in [6, 6.07) is 33.3. The van der Waals surface area contributed by atoms with Crippen molar-refractivity contribution in [3.05, 3.63) is 150 Å². The van der Waals surface area contributed by atoms with Gasteiger partial charge in [-0.2, -0.15) is 0 Å². The van der Waals surface area contributed by atoms with Crippen LogP contribution in [0.3, 0.4) is 0 Å². The predicted octanol–water partition coefficient (Wildman–Crippen LogP) is 8.58. The van der Waals surface area contributed by atoms with Crippen molar-refractivity contribution in [1.82, 2.24) is 0 Å². The van der Waals surface area contributed by atoms with Crippen LogP contribution < -0.4 is 0 Å². The van der Waals surface area contributed by atoms with E-state index in [4.69, 9.17) is 0 Å². The number of hydrogen-bond acceptors (Lipinski definition) is 2. The molecule has 0 heterocycles. The highest BCUT2D eigenvalue weighted by molar-refractivity contribution is 7.99. The summed E-state index contributed by atoms with van der Waals surface area (Å²) in [5.41, 5.74) is 0.446. The van der Waals surface area contributed by atoms with Crippen molar-refractivity contribution in [2.45, 2.75) is 24.5 Å². The van der Waals surface area contributed by atoms with Gasteiger partial charge in [0.05, 0.1) is 5.56 Å². The molecule has 0 spiro atoms. The van der Waals surface area contributed by atoms with E-state index in [9.17, 15) is 18.0 Å². The molecule has 5 aromatic rings. The molecule has 0 fully saturated rings. The first kappa shape index (κ1) is 24.9. The van der Waals surface area contributed by atoms with Crippen molar-refractivity contribution in [1.29, 1.82) is 0 Å². The summed E-state index contributed by atoms with van der Waals surface area (Å²) in [5.74, 6) is -1.75. The number of carbonyl (C=O) groups is 1. The quantitative estimate of drug-likeness (QED) is 0.155. The number of rotatable bonds is 7. The fourth-order valence-electron chi connectivity index (χ4n) is 3.86. The molecule has 0 amide bonds. The van der Waals surface area contributed by atoms with Gasteiger partial charge in [0.25, 0.3) is 0 Å². The first-order valence-corrected chi connectivity index (χ1v) is 13.5. The van der Waals surface area contributed by atoms with E-state index in [-0.39, 0.29) is 11.3 Å². The fourth-order valence-corrected chi connectivity index (χ4v) is 6.81. The minimum atomic E-state index is -0.980. The first-order valence-electron chi connectivity index (χ1n) is 11.4. The molecule has 0 saturated heterocycles. The summed E-state index contributed by atoms with van der Waals surface area (Å²) < 4.78 is 44.3. The van der Waals surface area contributed by atoms with Crippen LogP contribution in [0, 0.1) is 17.5 Å². The zero-order valence-electron chi connectivity index (χ0n) is 19.4. The SMILES string of the molecule is O=C(c1ccccc1)c1ccc(Sc2ccc([S+](c3ccccc3F)c3ccccc3F)cc2)cc1F. The van der Waals surface area contributed by atoms with E-state index in [0.29, 0.717) is 20.2 Å². The molecule has 5 aromatic carbocycles. The normalized spacial score (nSPS) is 11.0. The Morgan fingerprint density at radius 3 is 1.68 bits per heavy atom. The van der Waals surface area contributed by atoms with Crippen molar-refractivity contribution in [3.63, 3.8) is 0 Å². The van der Waals surface area contributed by atoms with Crippen LogP contribution in [0.2, 0.25) is 0 Å². The molecule has 0 aliphatic carbocycles. The lowest BCUT2D eigenvalue weighted by Crippen LogP contribution is -2.09. The van der Waals surface area contributed by atoms with Gasteiger partial charge in [-0.1, -0.05) is 66.4 Å². The molecule has 5 rings (SSSR count). The second-order valence-electron chi connectivity index (χ2n) is 8.08. The summed E-state index contributed by atoms with van der Waals surface area (Å²) in [6.45, 7) is 0. The maximum absolute atomic E-state index is 14.8. The number of carbonyl (C=O) groups excluding carboxylic acids is 1. The van der Waals surface area contributed by atoms with Crippen LogP contribution in [0.5, 0.6) is 0 Å². The third-order valence-corrected chi connectivity index (χ3v) is 8.91. The van der Waals surface area contributed by atoms with Gasteiger partial charge < -0.3 is 0 Å². The van der Waals surface area contributed by atoms with Crippen molar-refractivity contribution < 1.29 is 18.0 Å². The summed E-state index contributed by atoms with van der Waals surface area (Å²) in [5, 5.41) is 0. The molecule has 0 bridgehead atoms. The summed E-state index contributed by atoms with van der Waals surface area (Å²) in [4.78, 5) is 15.7. The Morgan fingerprint density at radius 1 is 0.568 bits per heavy atom. The number of ketones is 1. The minimum Gasteiger partial charge on any atom is -0.288 e. The summed E-state index contributed by atoms with van der Waals surface area (Å²) in [7, 11) is -0.980. The molecule has 0 aliphatic heterocycles. The van der Waals surface area contributed by atoms with E-state index < -0.39 is 28.3 Å². The second-order valence-corrected chi connectivity index (χ2v) is 11.2. The Morgan fingerprint density at radius 2 is 1.11 bits per heavy atom. The maximum Gasteiger partial charge on any atom is 0.202 e. The van der Waals surface area contributed by atoms with Gasteiger partial charge in [-0.15, -0.1) is 0 Å². The second kappa shape index (κ2) is 11.1. The van der Waals surface area contributed by atoms with Crippen LogP contribution in [-0.2, 0) is 10.9 Å². The van der Waals surface area contributed by atoms with Gasteiger partial charge >= 0.3 is 0 Å². The largest absolute Gasteiger partial charge is 0.288 e. The van der Waals surface area contributed by atoms with Crippen LogP contribution >= 0.6 is 11.8 Å². The molecule has 0 unspecified atom stereocenters. The maximum atomic E-state index is 14.8. The predicted molar refractivity (Wildman–Crippen MR) is 142 cm³/mol. The lowest BCUT2D eigenvalue weighted by Gasteiger charge is -2.10. The van der Waals surface area contributed by atoms with Crippen molar-refractivity contribution >= 4 is 28.4 Å². The fraction of sp³-hybridized carbons (Fsp3) is 0. The van der Waals surface area contributed by atoms with Crippen LogP contribution in [0.4, 0.5) is 13.2 Å². The molecule has 0 atom stereocenters. The smallest absolute Gasteiger partial charge is 0.202 e. The highest BCUT2D eigenvalue weighted by Gasteiger charge is 2.34. The zero-order chi connectivity index (χ0) is 25.8. The Kier molecular flexibility index (Phi) is 7.49. The lowest BCUT2D eigenvalue weighted by atomic mass is 10.0. The molecular weight excluding hydrogens is 509 g/mol. The average Bonchev–Trinajstić information content (AvgIpc) is 2.92. The molecule has 1 nitrogen and oxygen atoms in total. The van der Waals surface area contributed by atoms with E-state index in [0.717, 1.165) is 9.79 Å². The van der Waals surface area contributed by atoms with E-state index in [2.05, 4.69) is 0 Å². The molecule has 182 valence electrons. The zero-order valence-corrected chi connectivity index (χ0v) is 21.0. The molecule has 0 aliphatic rings. The first-order chi connectivity index (χ1) is 18.0. The Bertz CT molecular complexity index is 1510. The molecule has 37 heavy (non-hydrogen) atoms. The van der Waals surface area contributed by atoms with Crippen molar-refractivity contribution in [2.24, 2.45) is 0 Å². The highest BCUT2D eigenvalue weighted by atomic mass is 32.2. The highest BCUT2D eigenvalue weighted by Crippen LogP contribution is 2.36. The number of benzene rings is 5. The Hall–Kier alpha value is -3.74. The van der Waals surface area contributed by atoms with Crippen LogP contribution in [0.1, 0.15) is 15.9 Å². The van der Waals surface area contributed by atoms with Crippen LogP contribution in [0.25, 0.3) is 0 Å². The molecule has 0 aromatic heterocycles. The van der Waals surface area contributed by atoms with Gasteiger partial charge in [-0.05, 0) is 66.7 Å². The topological polar surface area (TPSA) is 17.1 Å². The van der Waals surface area contributed by atoms with Crippen molar-refractivity contribution in [2.75, 3.05) is 0 Å². The van der Waals surface area contributed by atoms with Crippen LogP contribution in [0.15, 0.2) is 146 Å². The van der Waals surface area contributed by atoms with E-state index in [1.165, 1.54) is 36.0 Å². The van der Waals surface area contributed by atoms with Crippen LogP contribution in [-0.4, -0.2) is 5.78 Å². The van der Waals surface area contributed by atoms with Gasteiger partial charge in [0.1, 0.15) is 16.7 Å². The standard InChI is InChI=1S/C31H20F3OS2/c32-26-10-4-6-12-29(26)37(30-13-7-5-11-27(30)33)24-17-14-22(15-18-24)36-23-16-19-25(28(34)20-23)31(35)21-8-2-1-3-9-21/h1-20H/q+1. The van der Waals surface area contributed by atoms with Gasteiger partial charge in [0.15, 0.2) is 22.3 Å². The van der Waals surface area contributed by atoms with E-state index >= 15 is 0 Å². The number of halogens is 3. The molecule has 0 radical (unpaired) electrons. The molecule has 0 saturated carbocycles. The third-order valence-electron chi connectivity index (χ3n) is 5.63. The minimum absolute atomic E-state index is 0.0183. The summed E-state index contributed by atoms with van der Waals surface area (Å²) >= 11 is 1.34. The number of hydrogen-bond donors (Lipinski definition) is 0. The monoisotopic (exact) mass is 529 g/mol.